The highest BCUT2D eigenvalue weighted by atomic mass is 32.1. The van der Waals surface area contributed by atoms with Crippen LogP contribution in [0.3, 0.4) is 0 Å². The lowest BCUT2D eigenvalue weighted by Crippen LogP contribution is -2.47. The summed E-state index contributed by atoms with van der Waals surface area (Å²) in [4.78, 5) is 15.8. The van der Waals surface area contributed by atoms with E-state index >= 15 is 0 Å². The van der Waals surface area contributed by atoms with Crippen LogP contribution in [0.5, 0.6) is 0 Å². The number of hydrogen-bond donors (Lipinski definition) is 2. The van der Waals surface area contributed by atoms with Gasteiger partial charge in [0.05, 0.1) is 6.54 Å². The van der Waals surface area contributed by atoms with Gasteiger partial charge in [-0.25, -0.2) is 4.79 Å². The fourth-order valence-electron chi connectivity index (χ4n) is 3.38. The Morgan fingerprint density at radius 2 is 2.04 bits per heavy atom. The zero-order valence-corrected chi connectivity index (χ0v) is 15.9. The van der Waals surface area contributed by atoms with Gasteiger partial charge in [0.15, 0.2) is 0 Å². The van der Waals surface area contributed by atoms with Gasteiger partial charge >= 0.3 is 6.03 Å². The first-order valence-electron chi connectivity index (χ1n) is 9.03. The van der Waals surface area contributed by atoms with E-state index in [1.54, 1.807) is 11.3 Å². The number of benzene rings is 1. The van der Waals surface area contributed by atoms with E-state index in [4.69, 9.17) is 0 Å². The summed E-state index contributed by atoms with van der Waals surface area (Å²) in [5.74, 6) is 0. The van der Waals surface area contributed by atoms with E-state index in [1.165, 1.54) is 21.6 Å². The fourth-order valence-corrected chi connectivity index (χ4v) is 4.23. The zero-order valence-electron chi connectivity index (χ0n) is 15.0. The van der Waals surface area contributed by atoms with Crippen molar-refractivity contribution in [3.8, 4) is 0 Å². The first-order chi connectivity index (χ1) is 12.2. The molecule has 0 saturated heterocycles. The van der Waals surface area contributed by atoms with Crippen LogP contribution in [0.4, 0.5) is 4.79 Å². The molecule has 1 aliphatic heterocycles. The molecule has 2 aromatic rings. The Kier molecular flexibility index (Phi) is 6.10. The minimum Gasteiger partial charge on any atom is -0.337 e. The summed E-state index contributed by atoms with van der Waals surface area (Å²) >= 11 is 1.69. The molecule has 25 heavy (non-hydrogen) atoms. The molecule has 1 atom stereocenters. The van der Waals surface area contributed by atoms with Crippen LogP contribution in [0, 0.1) is 6.92 Å². The van der Waals surface area contributed by atoms with Gasteiger partial charge in [-0.2, -0.15) is 0 Å². The van der Waals surface area contributed by atoms with Crippen molar-refractivity contribution in [3.63, 3.8) is 0 Å². The Balaban J connectivity index is 1.48. The highest BCUT2D eigenvalue weighted by molar-refractivity contribution is 7.10. The number of fused-ring (bicyclic) bond motifs is 1. The molecular formula is C20H27N3OS. The van der Waals surface area contributed by atoms with Gasteiger partial charge in [-0.15, -0.1) is 11.3 Å². The third kappa shape index (κ3) is 4.61. The van der Waals surface area contributed by atoms with Crippen molar-refractivity contribution >= 4 is 17.4 Å². The van der Waals surface area contributed by atoms with Crippen molar-refractivity contribution in [1.82, 2.24) is 15.5 Å². The topological polar surface area (TPSA) is 44.4 Å². The standard InChI is InChI=1S/C20H27N3OS/c1-3-18(23-10-8-16-6-4-5-7-17(16)14-23)12-21-20(24)22-13-19-15(2)9-11-25-19/h4-7,9,11,18H,3,8,10,12-14H2,1-2H3,(H2,21,22,24). The average molecular weight is 358 g/mol. The summed E-state index contributed by atoms with van der Waals surface area (Å²) in [5.41, 5.74) is 4.12. The molecule has 0 fully saturated rings. The summed E-state index contributed by atoms with van der Waals surface area (Å²) < 4.78 is 0. The second-order valence-electron chi connectivity index (χ2n) is 6.64. The summed E-state index contributed by atoms with van der Waals surface area (Å²) in [7, 11) is 0. The normalized spacial score (nSPS) is 15.4. The lowest BCUT2D eigenvalue weighted by molar-refractivity contribution is 0.169. The molecule has 2 N–H and O–H groups in total. The minimum atomic E-state index is -0.0799. The maximum absolute atomic E-state index is 12.1. The smallest absolute Gasteiger partial charge is 0.315 e. The number of rotatable bonds is 6. The van der Waals surface area contributed by atoms with Crippen molar-refractivity contribution in [2.24, 2.45) is 0 Å². The lowest BCUT2D eigenvalue weighted by Gasteiger charge is -2.35. The van der Waals surface area contributed by atoms with Gasteiger partial charge in [-0.3, -0.25) is 4.90 Å². The predicted octanol–water partition coefficient (Wildman–Crippen LogP) is 3.69. The SMILES string of the molecule is CCC(CNC(=O)NCc1sccc1C)N1CCc2ccccc2C1. The number of thiophene rings is 1. The van der Waals surface area contributed by atoms with Crippen molar-refractivity contribution < 1.29 is 4.79 Å². The molecule has 1 aliphatic rings. The van der Waals surface area contributed by atoms with Crippen molar-refractivity contribution in [2.45, 2.75) is 45.8 Å². The summed E-state index contributed by atoms with van der Waals surface area (Å²) in [6.45, 7) is 7.60. The molecule has 0 saturated carbocycles. The van der Waals surface area contributed by atoms with Gasteiger partial charge in [-0.1, -0.05) is 31.2 Å². The lowest BCUT2D eigenvalue weighted by atomic mass is 9.98. The van der Waals surface area contributed by atoms with Gasteiger partial charge in [0.1, 0.15) is 0 Å². The molecule has 0 radical (unpaired) electrons. The predicted molar refractivity (Wildman–Crippen MR) is 104 cm³/mol. The Morgan fingerprint density at radius 1 is 1.24 bits per heavy atom. The number of urea groups is 1. The number of nitrogens with zero attached hydrogens (tertiary/aromatic N) is 1. The van der Waals surface area contributed by atoms with Crippen LogP contribution in [0.25, 0.3) is 0 Å². The van der Waals surface area contributed by atoms with E-state index in [-0.39, 0.29) is 6.03 Å². The maximum atomic E-state index is 12.1. The van der Waals surface area contributed by atoms with Crippen molar-refractivity contribution in [3.05, 3.63) is 57.3 Å². The summed E-state index contributed by atoms with van der Waals surface area (Å²) in [6, 6.07) is 11.1. The zero-order chi connectivity index (χ0) is 17.6. The molecule has 2 heterocycles. The Bertz CT molecular complexity index is 712. The molecule has 3 rings (SSSR count). The van der Waals surface area contributed by atoms with Crippen LogP contribution in [0.1, 0.15) is 34.9 Å². The van der Waals surface area contributed by atoms with Crippen LogP contribution in [-0.2, 0) is 19.5 Å². The van der Waals surface area contributed by atoms with Gasteiger partial charge < -0.3 is 10.6 Å². The summed E-state index contributed by atoms with van der Waals surface area (Å²) in [6.07, 6.45) is 2.13. The molecule has 1 aromatic heterocycles. The third-order valence-corrected chi connectivity index (χ3v) is 6.05. The second-order valence-corrected chi connectivity index (χ2v) is 7.64. The Labute approximate surface area is 154 Å². The van der Waals surface area contributed by atoms with Gasteiger partial charge in [0.25, 0.3) is 0 Å². The number of aryl methyl sites for hydroxylation is 1. The molecule has 0 spiro atoms. The number of nitrogens with one attached hydrogen (secondary N) is 2. The molecule has 1 unspecified atom stereocenters. The highest BCUT2D eigenvalue weighted by Crippen LogP contribution is 2.21. The average Bonchev–Trinajstić information content (AvgIpc) is 3.05. The van der Waals surface area contributed by atoms with E-state index in [2.05, 4.69) is 65.1 Å². The molecule has 4 nitrogen and oxygen atoms in total. The maximum Gasteiger partial charge on any atom is 0.315 e. The number of carbonyl (C=O) groups is 1. The number of hydrogen-bond acceptors (Lipinski definition) is 3. The second kappa shape index (κ2) is 8.50. The molecule has 5 heteroatoms. The third-order valence-electron chi connectivity index (χ3n) is 5.02. The quantitative estimate of drug-likeness (QED) is 0.828. The molecule has 134 valence electrons. The van der Waals surface area contributed by atoms with E-state index in [1.807, 2.05) is 0 Å². The van der Waals surface area contributed by atoms with Crippen LogP contribution >= 0.6 is 11.3 Å². The van der Waals surface area contributed by atoms with Crippen LogP contribution in [0.2, 0.25) is 0 Å². The monoisotopic (exact) mass is 357 g/mol. The van der Waals surface area contributed by atoms with Crippen LogP contribution < -0.4 is 10.6 Å². The van der Waals surface area contributed by atoms with E-state index in [9.17, 15) is 4.79 Å². The Hall–Kier alpha value is -1.85. The van der Waals surface area contributed by atoms with Crippen LogP contribution in [-0.4, -0.2) is 30.1 Å². The van der Waals surface area contributed by atoms with Crippen molar-refractivity contribution in [2.75, 3.05) is 13.1 Å². The fraction of sp³-hybridized carbons (Fsp3) is 0.450. The first-order valence-corrected chi connectivity index (χ1v) is 9.90. The number of amides is 2. The summed E-state index contributed by atoms with van der Waals surface area (Å²) in [5, 5.41) is 8.08. The molecular weight excluding hydrogens is 330 g/mol. The highest BCUT2D eigenvalue weighted by Gasteiger charge is 2.22. The minimum absolute atomic E-state index is 0.0799. The van der Waals surface area contributed by atoms with Gasteiger partial charge in [0, 0.05) is 30.6 Å². The van der Waals surface area contributed by atoms with E-state index < -0.39 is 0 Å². The first kappa shape index (κ1) is 18.0. The molecule has 0 aliphatic carbocycles. The van der Waals surface area contributed by atoms with Crippen LogP contribution in [0.15, 0.2) is 35.7 Å². The molecule has 1 aromatic carbocycles. The Morgan fingerprint density at radius 3 is 2.76 bits per heavy atom. The largest absolute Gasteiger partial charge is 0.337 e. The van der Waals surface area contributed by atoms with Gasteiger partial charge in [-0.05, 0) is 47.9 Å². The van der Waals surface area contributed by atoms with Crippen molar-refractivity contribution in [1.29, 1.82) is 0 Å². The number of carbonyl (C=O) groups excluding carboxylic acids is 1. The van der Waals surface area contributed by atoms with E-state index in [0.717, 1.165) is 25.9 Å². The van der Waals surface area contributed by atoms with Gasteiger partial charge in [0.2, 0.25) is 0 Å². The van der Waals surface area contributed by atoms with E-state index in [0.29, 0.717) is 19.1 Å². The molecule has 0 bridgehead atoms. The molecule has 2 amide bonds.